The molecule has 2 aliphatic rings. The number of aromatic nitrogens is 2. The summed E-state index contributed by atoms with van der Waals surface area (Å²) in [5.41, 5.74) is 4.78. The van der Waals surface area contributed by atoms with Crippen molar-refractivity contribution in [2.75, 3.05) is 27.3 Å². The van der Waals surface area contributed by atoms with Gasteiger partial charge in [-0.25, -0.2) is 9.78 Å². The number of carbonyl (C=O) groups excluding carboxylic acids is 3. The van der Waals surface area contributed by atoms with Crippen molar-refractivity contribution in [3.63, 3.8) is 0 Å². The van der Waals surface area contributed by atoms with E-state index in [1.165, 1.54) is 7.11 Å². The van der Waals surface area contributed by atoms with Crippen LogP contribution in [0.5, 0.6) is 11.6 Å². The minimum atomic E-state index is -0.706. The lowest BCUT2D eigenvalue weighted by atomic mass is 9.99. The average molecular weight is 833 g/mol. The predicted molar refractivity (Wildman–Crippen MR) is 224 cm³/mol. The van der Waals surface area contributed by atoms with Crippen LogP contribution in [0.25, 0.3) is 33.6 Å². The average Bonchev–Trinajstić information content (AvgIpc) is 3.82. The molecule has 308 valence electrons. The molecule has 0 bridgehead atoms. The zero-order chi connectivity index (χ0) is 41.7. The molecular weight excluding hydrogens is 781 g/mol. The first-order valence-electron chi connectivity index (χ1n) is 19.5. The fourth-order valence-corrected chi connectivity index (χ4v) is 8.00. The molecule has 1 N–H and O–H groups in total. The summed E-state index contributed by atoms with van der Waals surface area (Å²) in [6, 6.07) is 16.5. The molecule has 2 aromatic heterocycles. The van der Waals surface area contributed by atoms with Gasteiger partial charge >= 0.3 is 12.1 Å². The fourth-order valence-electron chi connectivity index (χ4n) is 7.36. The van der Waals surface area contributed by atoms with Gasteiger partial charge in [-0.15, -0.1) is 0 Å². The third kappa shape index (κ3) is 10.0. The van der Waals surface area contributed by atoms with Crippen molar-refractivity contribution >= 4 is 41.2 Å². The highest BCUT2D eigenvalue weighted by molar-refractivity contribution is 6.39. The Bertz CT molecular complexity index is 2160. The van der Waals surface area contributed by atoms with Crippen LogP contribution in [0.15, 0.2) is 60.8 Å². The molecule has 4 heterocycles. The maximum atomic E-state index is 13.3. The number of esters is 1. The van der Waals surface area contributed by atoms with E-state index in [1.54, 1.807) is 18.2 Å². The Labute approximate surface area is 350 Å². The first kappa shape index (κ1) is 42.7. The van der Waals surface area contributed by atoms with Crippen molar-refractivity contribution in [2.24, 2.45) is 0 Å². The summed E-state index contributed by atoms with van der Waals surface area (Å²) in [5, 5.41) is 3.78. The van der Waals surface area contributed by atoms with Gasteiger partial charge in [0.25, 0.3) is 0 Å². The van der Waals surface area contributed by atoms with E-state index in [0.717, 1.165) is 30.5 Å². The number of ether oxygens (including phenoxy) is 4. The van der Waals surface area contributed by atoms with Gasteiger partial charge in [-0.05, 0) is 84.7 Å². The van der Waals surface area contributed by atoms with Crippen LogP contribution < -0.4 is 14.8 Å². The summed E-state index contributed by atoms with van der Waals surface area (Å²) in [6.45, 7) is 10.9. The number of nitrogens with zero attached hydrogens (tertiary/aromatic N) is 4. The number of likely N-dealkylation sites (tertiary alicyclic amines) is 1. The lowest BCUT2D eigenvalue weighted by Gasteiger charge is -2.29. The second kappa shape index (κ2) is 18.3. The molecule has 6 rings (SSSR count). The molecule has 2 atom stereocenters. The van der Waals surface area contributed by atoms with Crippen LogP contribution in [-0.2, 0) is 32.2 Å². The molecular formula is C44H51Cl2N5O7. The number of pyridine rings is 2. The predicted octanol–water partition coefficient (Wildman–Crippen LogP) is 8.73. The maximum Gasteiger partial charge on any atom is 0.410 e. The number of benzene rings is 2. The van der Waals surface area contributed by atoms with Crippen molar-refractivity contribution in [3.8, 4) is 45.3 Å². The van der Waals surface area contributed by atoms with Crippen molar-refractivity contribution in [3.05, 3.63) is 82.0 Å². The molecule has 4 aromatic rings. The largest absolute Gasteiger partial charge is 0.496 e. The summed E-state index contributed by atoms with van der Waals surface area (Å²) >= 11 is 14.3. The van der Waals surface area contributed by atoms with Crippen molar-refractivity contribution in [1.82, 2.24) is 25.1 Å². The molecule has 2 saturated heterocycles. The SMILES string of the molecule is COc1cc(-c2nccc(-c3cccc(-c4ccc(CN(C[C@@H]5CCC(=O)N5)C(=O)OC(C)(C)C)c(OC)n4)c3Cl)c2Cl)ccc1CN1CCCC1C(=O)OC(C)C. The molecule has 2 aromatic carbocycles. The van der Waals surface area contributed by atoms with E-state index in [4.69, 9.17) is 47.1 Å². The van der Waals surface area contributed by atoms with Gasteiger partial charge in [-0.1, -0.05) is 53.5 Å². The molecule has 0 spiro atoms. The molecule has 14 heteroatoms. The normalized spacial score (nSPS) is 17.0. The molecule has 0 radical (unpaired) electrons. The summed E-state index contributed by atoms with van der Waals surface area (Å²) in [5.74, 6) is 0.748. The smallest absolute Gasteiger partial charge is 0.410 e. The lowest BCUT2D eigenvalue weighted by Crippen LogP contribution is -2.43. The number of nitrogens with one attached hydrogen (secondary N) is 1. The molecule has 2 fully saturated rings. The molecule has 58 heavy (non-hydrogen) atoms. The van der Waals surface area contributed by atoms with Crippen LogP contribution in [0.4, 0.5) is 4.79 Å². The Morgan fingerprint density at radius 2 is 1.71 bits per heavy atom. The fraction of sp³-hybridized carbons (Fsp3) is 0.432. The van der Waals surface area contributed by atoms with E-state index >= 15 is 0 Å². The Morgan fingerprint density at radius 3 is 2.40 bits per heavy atom. The summed E-state index contributed by atoms with van der Waals surface area (Å²) in [6.07, 6.45) is 3.74. The summed E-state index contributed by atoms with van der Waals surface area (Å²) in [4.78, 5) is 51.2. The zero-order valence-electron chi connectivity index (χ0n) is 34.1. The molecule has 1 unspecified atom stereocenters. The number of rotatable bonds is 13. The molecule has 12 nitrogen and oxygen atoms in total. The van der Waals surface area contributed by atoms with Gasteiger partial charge in [-0.3, -0.25) is 19.5 Å². The van der Waals surface area contributed by atoms with Crippen molar-refractivity contribution < 1.29 is 33.3 Å². The third-order valence-corrected chi connectivity index (χ3v) is 10.8. The van der Waals surface area contributed by atoms with E-state index in [-0.39, 0.29) is 43.2 Å². The van der Waals surface area contributed by atoms with Crippen LogP contribution >= 0.6 is 23.2 Å². The second-order valence-corrected chi connectivity index (χ2v) is 16.6. The van der Waals surface area contributed by atoms with Crippen LogP contribution in [0, 0.1) is 0 Å². The first-order chi connectivity index (χ1) is 27.6. The topological polar surface area (TPSA) is 132 Å². The minimum Gasteiger partial charge on any atom is -0.496 e. The molecule has 2 amide bonds. The van der Waals surface area contributed by atoms with Gasteiger partial charge in [0.15, 0.2) is 0 Å². The number of amides is 2. The van der Waals surface area contributed by atoms with E-state index in [1.807, 2.05) is 89.2 Å². The quantitative estimate of drug-likeness (QED) is 0.131. The monoisotopic (exact) mass is 831 g/mol. The van der Waals surface area contributed by atoms with Gasteiger partial charge in [0, 0.05) is 65.1 Å². The van der Waals surface area contributed by atoms with Crippen LogP contribution in [0.2, 0.25) is 10.0 Å². The Hall–Kier alpha value is -4.91. The van der Waals surface area contributed by atoms with Gasteiger partial charge in [0.2, 0.25) is 11.8 Å². The van der Waals surface area contributed by atoms with Crippen LogP contribution in [-0.4, -0.2) is 88.8 Å². The van der Waals surface area contributed by atoms with E-state index < -0.39 is 11.7 Å². The van der Waals surface area contributed by atoms with Gasteiger partial charge < -0.3 is 29.2 Å². The number of hydrogen-bond donors (Lipinski definition) is 1. The Balaban J connectivity index is 1.25. The highest BCUT2D eigenvalue weighted by Gasteiger charge is 2.33. The number of hydrogen-bond acceptors (Lipinski definition) is 10. The van der Waals surface area contributed by atoms with Crippen LogP contribution in [0.1, 0.15) is 71.4 Å². The molecule has 0 saturated carbocycles. The third-order valence-electron chi connectivity index (χ3n) is 10.0. The van der Waals surface area contributed by atoms with Crippen molar-refractivity contribution in [2.45, 2.75) is 97.2 Å². The van der Waals surface area contributed by atoms with E-state index in [2.05, 4.69) is 15.2 Å². The molecule has 2 aliphatic heterocycles. The lowest BCUT2D eigenvalue weighted by molar-refractivity contribution is -0.153. The number of carbonyl (C=O) groups is 3. The van der Waals surface area contributed by atoms with E-state index in [9.17, 15) is 14.4 Å². The highest BCUT2D eigenvalue weighted by atomic mass is 35.5. The number of methoxy groups -OCH3 is 2. The second-order valence-electron chi connectivity index (χ2n) is 15.9. The minimum absolute atomic E-state index is 0.0363. The van der Waals surface area contributed by atoms with Crippen molar-refractivity contribution in [1.29, 1.82) is 0 Å². The highest BCUT2D eigenvalue weighted by Crippen LogP contribution is 2.42. The first-order valence-corrected chi connectivity index (χ1v) is 20.3. The van der Waals surface area contributed by atoms with Crippen LogP contribution in [0.3, 0.4) is 0 Å². The zero-order valence-corrected chi connectivity index (χ0v) is 35.6. The number of halogens is 2. The standard InChI is InChI=1S/C44H51Cl2N5O7/c1-26(2)57-42(53)35-12-9-21-50(35)23-28-14-13-27(22-36(28)55-6)40-39(46)32(19-20-47-40)31-10-8-11-33(38(31)45)34-17-15-29(41(49-34)56-7)24-51(43(54)58-44(3,4)5)25-30-16-18-37(52)48-30/h8,10-11,13-15,17,19-20,22,26,30,35H,9,12,16,18,21,23-25H2,1-7H3,(H,48,52)/t30-,35?/m0/s1. The summed E-state index contributed by atoms with van der Waals surface area (Å²) < 4.78 is 22.8. The Morgan fingerprint density at radius 1 is 0.966 bits per heavy atom. The Kier molecular flexibility index (Phi) is 13.5. The maximum absolute atomic E-state index is 13.3. The van der Waals surface area contributed by atoms with Gasteiger partial charge in [0.1, 0.15) is 17.4 Å². The van der Waals surface area contributed by atoms with E-state index in [0.29, 0.717) is 74.7 Å². The van der Waals surface area contributed by atoms with Gasteiger partial charge in [-0.2, -0.15) is 0 Å². The summed E-state index contributed by atoms with van der Waals surface area (Å²) in [7, 11) is 3.15. The molecule has 0 aliphatic carbocycles. The van der Waals surface area contributed by atoms with Gasteiger partial charge in [0.05, 0.1) is 48.3 Å².